The molecule has 0 aliphatic carbocycles. The third-order valence-corrected chi connectivity index (χ3v) is 2.22. The summed E-state index contributed by atoms with van der Waals surface area (Å²) in [4.78, 5) is 3.91. The van der Waals surface area contributed by atoms with Gasteiger partial charge in [-0.15, -0.1) is 0 Å². The first-order valence-corrected chi connectivity index (χ1v) is 4.52. The zero-order valence-corrected chi connectivity index (χ0v) is 8.31. The van der Waals surface area contributed by atoms with Gasteiger partial charge in [-0.1, -0.05) is 17.7 Å². The van der Waals surface area contributed by atoms with Gasteiger partial charge < -0.3 is 5.73 Å². The summed E-state index contributed by atoms with van der Waals surface area (Å²) in [6, 6.07) is 9.79. The molecule has 1 aromatic carbocycles. The number of hydrogen-bond acceptors (Lipinski definition) is 3. The van der Waals surface area contributed by atoms with Crippen molar-refractivity contribution in [3.05, 3.63) is 41.9 Å². The Morgan fingerprint density at radius 1 is 1.33 bits per heavy atom. The smallest absolute Gasteiger partial charge is 0.182 e. The molecule has 74 valence electrons. The summed E-state index contributed by atoms with van der Waals surface area (Å²) in [7, 11) is 0. The minimum absolute atomic E-state index is 0.260. The van der Waals surface area contributed by atoms with Gasteiger partial charge >= 0.3 is 0 Å². The summed E-state index contributed by atoms with van der Waals surface area (Å²) in [6.07, 6.45) is 1.55. The Hall–Kier alpha value is -2.28. The molecule has 0 aliphatic rings. The zero-order valence-electron chi connectivity index (χ0n) is 8.31. The van der Waals surface area contributed by atoms with Gasteiger partial charge in [-0.05, 0) is 19.1 Å². The van der Waals surface area contributed by atoms with Crippen LogP contribution >= 0.6 is 0 Å². The van der Waals surface area contributed by atoms with Crippen LogP contribution in [0, 0.1) is 18.3 Å². The van der Waals surface area contributed by atoms with Crippen LogP contribution in [0.5, 0.6) is 0 Å². The molecular weight excluding hydrogens is 188 g/mol. The molecule has 0 spiro atoms. The number of nitriles is 1. The molecule has 4 heteroatoms. The van der Waals surface area contributed by atoms with E-state index in [1.165, 1.54) is 5.56 Å². The number of aryl methyl sites for hydroxylation is 1. The fraction of sp³-hybridized carbons (Fsp3) is 0.0909. The number of anilines is 1. The van der Waals surface area contributed by atoms with E-state index in [-0.39, 0.29) is 5.69 Å². The molecule has 15 heavy (non-hydrogen) atoms. The van der Waals surface area contributed by atoms with Crippen molar-refractivity contribution < 1.29 is 0 Å². The van der Waals surface area contributed by atoms with E-state index in [1.54, 1.807) is 10.9 Å². The average molecular weight is 198 g/mol. The van der Waals surface area contributed by atoms with Gasteiger partial charge in [0.05, 0.1) is 0 Å². The Morgan fingerprint density at radius 2 is 2.00 bits per heavy atom. The van der Waals surface area contributed by atoms with Gasteiger partial charge in [0.2, 0.25) is 0 Å². The Balaban J connectivity index is 2.51. The van der Waals surface area contributed by atoms with Crippen LogP contribution in [0.4, 0.5) is 5.82 Å². The second-order valence-corrected chi connectivity index (χ2v) is 3.30. The Bertz CT molecular complexity index is 517. The molecule has 2 aromatic rings. The average Bonchev–Trinajstić information content (AvgIpc) is 2.61. The van der Waals surface area contributed by atoms with E-state index in [1.807, 2.05) is 37.3 Å². The Labute approximate surface area is 87.6 Å². The number of aromatic nitrogens is 2. The number of hydrogen-bond donors (Lipinski definition) is 1. The van der Waals surface area contributed by atoms with Gasteiger partial charge in [0.15, 0.2) is 5.69 Å². The van der Waals surface area contributed by atoms with E-state index in [0.717, 1.165) is 5.69 Å². The van der Waals surface area contributed by atoms with Crippen LogP contribution in [-0.4, -0.2) is 9.55 Å². The highest BCUT2D eigenvalue weighted by molar-refractivity contribution is 5.51. The fourth-order valence-electron chi connectivity index (χ4n) is 1.36. The molecule has 2 N–H and O–H groups in total. The van der Waals surface area contributed by atoms with E-state index in [9.17, 15) is 0 Å². The van der Waals surface area contributed by atoms with Gasteiger partial charge in [-0.2, -0.15) is 5.26 Å². The van der Waals surface area contributed by atoms with Crippen molar-refractivity contribution in [2.75, 3.05) is 5.73 Å². The van der Waals surface area contributed by atoms with E-state index in [0.29, 0.717) is 5.82 Å². The maximum atomic E-state index is 8.72. The molecule has 4 nitrogen and oxygen atoms in total. The van der Waals surface area contributed by atoms with Crippen LogP contribution in [-0.2, 0) is 0 Å². The molecule has 1 aromatic heterocycles. The standard InChI is InChI=1S/C11H10N4/c1-8-2-4-9(5-3-8)15-7-14-10(6-12)11(15)13/h2-5,7H,13H2,1H3. The monoisotopic (exact) mass is 198 g/mol. The molecule has 0 radical (unpaired) electrons. The topological polar surface area (TPSA) is 67.6 Å². The molecule has 2 rings (SSSR count). The van der Waals surface area contributed by atoms with Gasteiger partial charge in [0, 0.05) is 5.69 Å². The maximum Gasteiger partial charge on any atom is 0.182 e. The third-order valence-electron chi connectivity index (χ3n) is 2.22. The van der Waals surface area contributed by atoms with Crippen LogP contribution in [0.3, 0.4) is 0 Å². The van der Waals surface area contributed by atoms with Crippen molar-refractivity contribution in [2.45, 2.75) is 6.92 Å². The largest absolute Gasteiger partial charge is 0.382 e. The van der Waals surface area contributed by atoms with Gasteiger partial charge in [-0.25, -0.2) is 4.98 Å². The minimum atomic E-state index is 0.260. The van der Waals surface area contributed by atoms with Crippen LogP contribution in [0.15, 0.2) is 30.6 Å². The lowest BCUT2D eigenvalue weighted by atomic mass is 10.2. The predicted molar refractivity (Wildman–Crippen MR) is 57.4 cm³/mol. The number of rotatable bonds is 1. The lowest BCUT2D eigenvalue weighted by Crippen LogP contribution is -1.99. The Kier molecular flexibility index (Phi) is 2.14. The molecule has 0 saturated carbocycles. The maximum absolute atomic E-state index is 8.72. The van der Waals surface area contributed by atoms with E-state index >= 15 is 0 Å². The SMILES string of the molecule is Cc1ccc(-n2cnc(C#N)c2N)cc1. The van der Waals surface area contributed by atoms with Gasteiger partial charge in [-0.3, -0.25) is 4.57 Å². The highest BCUT2D eigenvalue weighted by Crippen LogP contribution is 2.16. The predicted octanol–water partition coefficient (Wildman–Crippen LogP) is 1.63. The summed E-state index contributed by atoms with van der Waals surface area (Å²) >= 11 is 0. The van der Waals surface area contributed by atoms with Crippen molar-refractivity contribution in [1.82, 2.24) is 9.55 Å². The minimum Gasteiger partial charge on any atom is -0.382 e. The number of nitrogen functional groups attached to an aromatic ring is 1. The molecule has 0 aliphatic heterocycles. The van der Waals surface area contributed by atoms with Crippen molar-refractivity contribution >= 4 is 5.82 Å². The van der Waals surface area contributed by atoms with Crippen LogP contribution in [0.1, 0.15) is 11.3 Å². The van der Waals surface area contributed by atoms with Crippen LogP contribution < -0.4 is 5.73 Å². The van der Waals surface area contributed by atoms with Crippen LogP contribution in [0.25, 0.3) is 5.69 Å². The normalized spacial score (nSPS) is 9.87. The first-order chi connectivity index (χ1) is 7.22. The number of nitrogens with two attached hydrogens (primary N) is 1. The van der Waals surface area contributed by atoms with Gasteiger partial charge in [0.25, 0.3) is 0 Å². The fourth-order valence-corrected chi connectivity index (χ4v) is 1.36. The molecule has 0 atom stereocenters. The summed E-state index contributed by atoms with van der Waals surface area (Å²) < 4.78 is 1.69. The van der Waals surface area contributed by atoms with Crippen LogP contribution in [0.2, 0.25) is 0 Å². The molecule has 0 fully saturated rings. The van der Waals surface area contributed by atoms with Crippen molar-refractivity contribution in [1.29, 1.82) is 5.26 Å². The van der Waals surface area contributed by atoms with Crippen molar-refractivity contribution in [3.8, 4) is 11.8 Å². The summed E-state index contributed by atoms with van der Waals surface area (Å²) in [5, 5.41) is 8.72. The molecular formula is C11H10N4. The van der Waals surface area contributed by atoms with E-state index in [2.05, 4.69) is 4.98 Å². The second-order valence-electron chi connectivity index (χ2n) is 3.30. The number of nitrogens with zero attached hydrogens (tertiary/aromatic N) is 3. The van der Waals surface area contributed by atoms with Crippen molar-refractivity contribution in [3.63, 3.8) is 0 Å². The number of benzene rings is 1. The summed E-state index contributed by atoms with van der Waals surface area (Å²) in [5.41, 5.74) is 8.11. The van der Waals surface area contributed by atoms with Crippen molar-refractivity contribution in [2.24, 2.45) is 0 Å². The first kappa shape index (κ1) is 9.28. The Morgan fingerprint density at radius 3 is 2.53 bits per heavy atom. The highest BCUT2D eigenvalue weighted by atomic mass is 15.1. The first-order valence-electron chi connectivity index (χ1n) is 4.52. The third kappa shape index (κ3) is 1.55. The second kappa shape index (κ2) is 3.46. The lowest BCUT2D eigenvalue weighted by Gasteiger charge is -2.04. The number of imidazole rings is 1. The summed E-state index contributed by atoms with van der Waals surface area (Å²) in [5.74, 6) is 0.376. The quantitative estimate of drug-likeness (QED) is 0.757. The molecule has 1 heterocycles. The zero-order chi connectivity index (χ0) is 10.8. The van der Waals surface area contributed by atoms with Gasteiger partial charge in [0.1, 0.15) is 18.2 Å². The molecule has 0 saturated heterocycles. The molecule has 0 unspecified atom stereocenters. The van der Waals surface area contributed by atoms with E-state index in [4.69, 9.17) is 11.0 Å². The van der Waals surface area contributed by atoms with E-state index < -0.39 is 0 Å². The molecule has 0 bridgehead atoms. The molecule has 0 amide bonds. The summed E-state index contributed by atoms with van der Waals surface area (Å²) in [6.45, 7) is 2.02. The lowest BCUT2D eigenvalue weighted by molar-refractivity contribution is 1.07. The highest BCUT2D eigenvalue weighted by Gasteiger charge is 2.07.